The van der Waals surface area contributed by atoms with Crippen LogP contribution in [0.4, 0.5) is 0 Å². The van der Waals surface area contributed by atoms with Crippen LogP contribution < -0.4 is 10.3 Å². The van der Waals surface area contributed by atoms with Crippen LogP contribution in [0, 0.1) is 0 Å². The summed E-state index contributed by atoms with van der Waals surface area (Å²) >= 11 is 0. The molecular weight excluding hydrogens is 278 g/mol. The van der Waals surface area contributed by atoms with Gasteiger partial charge in [0.2, 0.25) is 5.56 Å². The lowest BCUT2D eigenvalue weighted by Gasteiger charge is -2.07. The van der Waals surface area contributed by atoms with Crippen molar-refractivity contribution in [3.05, 3.63) is 65.2 Å². The van der Waals surface area contributed by atoms with Crippen LogP contribution in [0.5, 0.6) is 5.75 Å². The largest absolute Gasteiger partial charge is 0.495 e. The van der Waals surface area contributed by atoms with E-state index in [1.165, 1.54) is 6.07 Å². The van der Waals surface area contributed by atoms with E-state index >= 15 is 0 Å². The highest BCUT2D eigenvalue weighted by atomic mass is 16.5. The summed E-state index contributed by atoms with van der Waals surface area (Å²) in [5.41, 5.74) is 3.24. The third-order valence-corrected chi connectivity index (χ3v) is 3.67. The first-order chi connectivity index (χ1) is 10.7. The van der Waals surface area contributed by atoms with Gasteiger partial charge in [-0.05, 0) is 30.3 Å². The molecule has 5 heteroatoms. The summed E-state index contributed by atoms with van der Waals surface area (Å²) in [5, 5.41) is 0.908. The van der Waals surface area contributed by atoms with Crippen LogP contribution >= 0.6 is 0 Å². The lowest BCUT2D eigenvalue weighted by Crippen LogP contribution is -2.03. The predicted octanol–water partition coefficient (Wildman–Crippen LogP) is 2.85. The van der Waals surface area contributed by atoms with Gasteiger partial charge in [-0.15, -0.1) is 0 Å². The number of hydrogen-bond donors (Lipinski definition) is 1. The van der Waals surface area contributed by atoms with Crippen molar-refractivity contribution in [3.63, 3.8) is 0 Å². The lowest BCUT2D eigenvalue weighted by atomic mass is 10.1. The zero-order valence-electron chi connectivity index (χ0n) is 11.9. The van der Waals surface area contributed by atoms with Gasteiger partial charge in [0.25, 0.3) is 0 Å². The molecular formula is C17H13N3O2. The van der Waals surface area contributed by atoms with E-state index < -0.39 is 0 Å². The van der Waals surface area contributed by atoms with Crippen molar-refractivity contribution in [2.24, 2.45) is 0 Å². The van der Waals surface area contributed by atoms with Gasteiger partial charge in [-0.2, -0.15) is 0 Å². The molecule has 3 heterocycles. The number of imidazole rings is 1. The smallest absolute Gasteiger partial charge is 0.248 e. The van der Waals surface area contributed by atoms with Gasteiger partial charge >= 0.3 is 0 Å². The second-order valence-corrected chi connectivity index (χ2v) is 5.06. The molecule has 0 unspecified atom stereocenters. The molecule has 1 aromatic carbocycles. The molecule has 5 nitrogen and oxygen atoms in total. The van der Waals surface area contributed by atoms with Crippen LogP contribution in [0.25, 0.3) is 27.8 Å². The maximum absolute atomic E-state index is 11.5. The van der Waals surface area contributed by atoms with Crippen molar-refractivity contribution in [3.8, 4) is 17.0 Å². The molecule has 3 aromatic heterocycles. The van der Waals surface area contributed by atoms with Crippen LogP contribution in [-0.4, -0.2) is 21.5 Å². The third kappa shape index (κ3) is 1.95. The number of nitrogens with one attached hydrogen (secondary N) is 1. The Morgan fingerprint density at radius 1 is 1.18 bits per heavy atom. The number of ether oxygens (including phenoxy) is 1. The molecule has 0 aliphatic rings. The van der Waals surface area contributed by atoms with Crippen molar-refractivity contribution in [2.75, 3.05) is 7.11 Å². The SMILES string of the molecule is COc1cc(-c2cn3ccccc3n2)cc2ccc(=O)[nH]c12. The van der Waals surface area contributed by atoms with E-state index in [0.717, 1.165) is 22.3 Å². The first kappa shape index (κ1) is 12.6. The maximum atomic E-state index is 11.5. The average molecular weight is 291 g/mol. The number of rotatable bonds is 2. The van der Waals surface area contributed by atoms with Gasteiger partial charge in [-0.25, -0.2) is 4.98 Å². The second kappa shape index (κ2) is 4.73. The molecule has 22 heavy (non-hydrogen) atoms. The van der Waals surface area contributed by atoms with Gasteiger partial charge in [-0.1, -0.05) is 6.07 Å². The van der Waals surface area contributed by atoms with Crippen LogP contribution in [0.3, 0.4) is 0 Å². The highest BCUT2D eigenvalue weighted by molar-refractivity contribution is 5.89. The number of aromatic nitrogens is 3. The Morgan fingerprint density at radius 3 is 2.91 bits per heavy atom. The fraction of sp³-hybridized carbons (Fsp3) is 0.0588. The Balaban J connectivity index is 1.98. The Kier molecular flexibility index (Phi) is 2.72. The zero-order chi connectivity index (χ0) is 15.1. The minimum atomic E-state index is -0.147. The van der Waals surface area contributed by atoms with Crippen LogP contribution in [0.15, 0.2) is 59.7 Å². The summed E-state index contributed by atoms with van der Waals surface area (Å²) in [7, 11) is 1.59. The summed E-state index contributed by atoms with van der Waals surface area (Å²) in [4.78, 5) is 18.9. The highest BCUT2D eigenvalue weighted by Crippen LogP contribution is 2.30. The van der Waals surface area contributed by atoms with E-state index in [4.69, 9.17) is 4.74 Å². The normalized spacial score (nSPS) is 11.1. The molecule has 0 bridgehead atoms. The van der Waals surface area contributed by atoms with Gasteiger partial charge in [0, 0.05) is 29.4 Å². The highest BCUT2D eigenvalue weighted by Gasteiger charge is 2.10. The first-order valence-electron chi connectivity index (χ1n) is 6.90. The predicted molar refractivity (Wildman–Crippen MR) is 85.3 cm³/mol. The van der Waals surface area contributed by atoms with E-state index in [1.54, 1.807) is 13.2 Å². The minimum Gasteiger partial charge on any atom is -0.495 e. The maximum Gasteiger partial charge on any atom is 0.248 e. The van der Waals surface area contributed by atoms with Crippen LogP contribution in [0.2, 0.25) is 0 Å². The number of H-pyrrole nitrogens is 1. The number of aromatic amines is 1. The summed E-state index contributed by atoms with van der Waals surface area (Å²) in [6, 6.07) is 13.1. The Morgan fingerprint density at radius 2 is 2.09 bits per heavy atom. The Hall–Kier alpha value is -3.08. The molecule has 0 radical (unpaired) electrons. The molecule has 0 saturated carbocycles. The molecule has 0 aliphatic carbocycles. The number of fused-ring (bicyclic) bond motifs is 2. The second-order valence-electron chi connectivity index (χ2n) is 5.06. The topological polar surface area (TPSA) is 59.4 Å². The van der Waals surface area contributed by atoms with Gasteiger partial charge in [-0.3, -0.25) is 4.79 Å². The number of hydrogen-bond acceptors (Lipinski definition) is 3. The van der Waals surface area contributed by atoms with Gasteiger partial charge in [0.15, 0.2) is 0 Å². The number of pyridine rings is 2. The average Bonchev–Trinajstić information content (AvgIpc) is 2.98. The van der Waals surface area contributed by atoms with Crippen molar-refractivity contribution in [2.45, 2.75) is 0 Å². The molecule has 1 N–H and O–H groups in total. The molecule has 0 saturated heterocycles. The minimum absolute atomic E-state index is 0.147. The molecule has 4 rings (SSSR count). The molecule has 0 aliphatic heterocycles. The molecule has 0 spiro atoms. The number of methoxy groups -OCH3 is 1. The summed E-state index contributed by atoms with van der Waals surface area (Å²) in [6.07, 6.45) is 3.93. The molecule has 4 aromatic rings. The van der Waals surface area contributed by atoms with Crippen LogP contribution in [0.1, 0.15) is 0 Å². The quantitative estimate of drug-likeness (QED) is 0.618. The fourth-order valence-corrected chi connectivity index (χ4v) is 2.62. The summed E-state index contributed by atoms with van der Waals surface area (Å²) in [5.74, 6) is 0.627. The Labute approximate surface area is 125 Å². The van der Waals surface area contributed by atoms with E-state index in [9.17, 15) is 4.79 Å². The van der Waals surface area contributed by atoms with Gasteiger partial charge < -0.3 is 14.1 Å². The van der Waals surface area contributed by atoms with Gasteiger partial charge in [0.05, 0.1) is 18.3 Å². The molecule has 0 amide bonds. The summed E-state index contributed by atoms with van der Waals surface area (Å²) < 4.78 is 7.39. The van der Waals surface area contributed by atoms with E-state index in [0.29, 0.717) is 11.3 Å². The third-order valence-electron chi connectivity index (χ3n) is 3.67. The summed E-state index contributed by atoms with van der Waals surface area (Å²) in [6.45, 7) is 0. The van der Waals surface area contributed by atoms with E-state index in [-0.39, 0.29) is 5.56 Å². The Bertz CT molecular complexity index is 1010. The van der Waals surface area contributed by atoms with E-state index in [2.05, 4.69) is 9.97 Å². The van der Waals surface area contributed by atoms with Gasteiger partial charge in [0.1, 0.15) is 11.4 Å². The van der Waals surface area contributed by atoms with E-state index in [1.807, 2.05) is 47.1 Å². The monoisotopic (exact) mass is 291 g/mol. The fourth-order valence-electron chi connectivity index (χ4n) is 2.62. The number of benzene rings is 1. The lowest BCUT2D eigenvalue weighted by molar-refractivity contribution is 0.419. The first-order valence-corrected chi connectivity index (χ1v) is 6.90. The van der Waals surface area contributed by atoms with Crippen molar-refractivity contribution in [1.82, 2.24) is 14.4 Å². The van der Waals surface area contributed by atoms with Crippen molar-refractivity contribution in [1.29, 1.82) is 0 Å². The molecule has 0 fully saturated rings. The number of nitrogens with zero attached hydrogens (tertiary/aromatic N) is 2. The van der Waals surface area contributed by atoms with Crippen molar-refractivity contribution >= 4 is 16.6 Å². The molecule has 0 atom stereocenters. The van der Waals surface area contributed by atoms with Crippen molar-refractivity contribution < 1.29 is 4.74 Å². The zero-order valence-corrected chi connectivity index (χ0v) is 11.9. The standard InChI is InChI=1S/C17H13N3O2/c1-22-14-9-12(8-11-5-6-16(21)19-17(11)14)13-10-20-7-3-2-4-15(20)18-13/h2-10H,1H3,(H,19,21). The van der Waals surface area contributed by atoms with Crippen LogP contribution in [-0.2, 0) is 0 Å². The molecule has 108 valence electrons.